The van der Waals surface area contributed by atoms with E-state index in [9.17, 15) is 4.79 Å². The van der Waals surface area contributed by atoms with Crippen molar-refractivity contribution in [3.63, 3.8) is 0 Å². The topological polar surface area (TPSA) is 55.1 Å². The average molecular weight is 297 g/mol. The van der Waals surface area contributed by atoms with Crippen LogP contribution in [0.4, 0.5) is 0 Å². The number of hydrogen-bond acceptors (Lipinski definition) is 2. The lowest BCUT2D eigenvalue weighted by atomic mass is 9.91. The highest BCUT2D eigenvalue weighted by Gasteiger charge is 2.20. The number of carbonyl (C=O) groups excluding carboxylic acids is 1. The van der Waals surface area contributed by atoms with Gasteiger partial charge in [-0.3, -0.25) is 4.79 Å². The number of amides is 1. The molecule has 0 radical (unpaired) electrons. The van der Waals surface area contributed by atoms with Crippen molar-refractivity contribution in [3.05, 3.63) is 34.3 Å². The maximum Gasteiger partial charge on any atom is 0.251 e. The van der Waals surface area contributed by atoms with E-state index in [0.29, 0.717) is 11.6 Å². The van der Waals surface area contributed by atoms with E-state index in [2.05, 4.69) is 21.2 Å². The number of halogens is 1. The lowest BCUT2D eigenvalue weighted by Crippen LogP contribution is -2.40. The molecule has 0 spiro atoms. The fourth-order valence-corrected chi connectivity index (χ4v) is 2.56. The molecule has 0 heterocycles. The van der Waals surface area contributed by atoms with Crippen LogP contribution in [0, 0.1) is 0 Å². The molecule has 92 valence electrons. The molecule has 3 nitrogen and oxygen atoms in total. The Morgan fingerprint density at radius 3 is 2.65 bits per heavy atom. The lowest BCUT2D eigenvalue weighted by molar-refractivity contribution is 0.0926. The Labute approximate surface area is 110 Å². The summed E-state index contributed by atoms with van der Waals surface area (Å²) >= 11 is 3.37. The Morgan fingerprint density at radius 2 is 2.00 bits per heavy atom. The zero-order chi connectivity index (χ0) is 12.3. The molecule has 1 aromatic rings. The monoisotopic (exact) mass is 296 g/mol. The van der Waals surface area contributed by atoms with Crippen molar-refractivity contribution in [1.82, 2.24) is 5.32 Å². The first kappa shape index (κ1) is 12.6. The van der Waals surface area contributed by atoms with Crippen LogP contribution in [-0.2, 0) is 0 Å². The van der Waals surface area contributed by atoms with Crippen LogP contribution in [0.15, 0.2) is 28.7 Å². The molecule has 1 aliphatic rings. The van der Waals surface area contributed by atoms with Gasteiger partial charge in [-0.15, -0.1) is 0 Å². The average Bonchev–Trinajstić information content (AvgIpc) is 2.32. The fraction of sp³-hybridized carbons (Fsp3) is 0.462. The summed E-state index contributed by atoms with van der Waals surface area (Å²) in [5.74, 6) is 0.00627. The Hall–Kier alpha value is -0.870. The summed E-state index contributed by atoms with van der Waals surface area (Å²) in [5, 5.41) is 3.07. The third kappa shape index (κ3) is 3.54. The van der Waals surface area contributed by atoms with Crippen LogP contribution in [-0.4, -0.2) is 18.0 Å². The summed E-state index contributed by atoms with van der Waals surface area (Å²) < 4.78 is 0.927. The largest absolute Gasteiger partial charge is 0.349 e. The van der Waals surface area contributed by atoms with Gasteiger partial charge in [-0.1, -0.05) is 22.0 Å². The minimum Gasteiger partial charge on any atom is -0.349 e. The SMILES string of the molecule is NC1CCC(NC(=O)c2cccc(Br)c2)CC1. The highest BCUT2D eigenvalue weighted by Crippen LogP contribution is 2.18. The molecule has 1 fully saturated rings. The zero-order valence-corrected chi connectivity index (χ0v) is 11.2. The van der Waals surface area contributed by atoms with Gasteiger partial charge in [0.1, 0.15) is 0 Å². The van der Waals surface area contributed by atoms with Crippen molar-refractivity contribution in [1.29, 1.82) is 0 Å². The first-order chi connectivity index (χ1) is 8.15. The highest BCUT2D eigenvalue weighted by atomic mass is 79.9. The van der Waals surface area contributed by atoms with E-state index in [0.717, 1.165) is 30.2 Å². The minimum absolute atomic E-state index is 0.00627. The molecule has 0 bridgehead atoms. The predicted octanol–water partition coefficient (Wildman–Crippen LogP) is 2.45. The van der Waals surface area contributed by atoms with E-state index < -0.39 is 0 Å². The molecule has 4 heteroatoms. The number of rotatable bonds is 2. The molecular weight excluding hydrogens is 280 g/mol. The maximum atomic E-state index is 12.0. The van der Waals surface area contributed by atoms with Gasteiger partial charge in [-0.2, -0.15) is 0 Å². The van der Waals surface area contributed by atoms with Gasteiger partial charge in [0.25, 0.3) is 5.91 Å². The van der Waals surface area contributed by atoms with Gasteiger partial charge in [0, 0.05) is 22.1 Å². The molecule has 2 rings (SSSR count). The van der Waals surface area contributed by atoms with Gasteiger partial charge >= 0.3 is 0 Å². The van der Waals surface area contributed by atoms with Crippen LogP contribution in [0.2, 0.25) is 0 Å². The van der Waals surface area contributed by atoms with E-state index in [1.807, 2.05) is 24.3 Å². The molecule has 3 N–H and O–H groups in total. The smallest absolute Gasteiger partial charge is 0.251 e. The van der Waals surface area contributed by atoms with Crippen LogP contribution in [0.25, 0.3) is 0 Å². The van der Waals surface area contributed by atoms with Crippen molar-refractivity contribution < 1.29 is 4.79 Å². The summed E-state index contributed by atoms with van der Waals surface area (Å²) in [5.41, 5.74) is 6.54. The number of carbonyl (C=O) groups is 1. The Kier molecular flexibility index (Phi) is 4.18. The molecule has 0 saturated heterocycles. The van der Waals surface area contributed by atoms with E-state index in [4.69, 9.17) is 5.73 Å². The molecular formula is C13H17BrN2O. The van der Waals surface area contributed by atoms with Crippen molar-refractivity contribution in [2.75, 3.05) is 0 Å². The van der Waals surface area contributed by atoms with Crippen molar-refractivity contribution in [2.24, 2.45) is 5.73 Å². The predicted molar refractivity (Wildman–Crippen MR) is 71.8 cm³/mol. The summed E-state index contributed by atoms with van der Waals surface area (Å²) in [6.07, 6.45) is 3.98. The van der Waals surface area contributed by atoms with Crippen LogP contribution >= 0.6 is 15.9 Å². The molecule has 0 aromatic heterocycles. The zero-order valence-electron chi connectivity index (χ0n) is 9.66. The second kappa shape index (κ2) is 5.65. The molecule has 0 atom stereocenters. The first-order valence-corrected chi connectivity index (χ1v) is 6.76. The van der Waals surface area contributed by atoms with Crippen LogP contribution < -0.4 is 11.1 Å². The summed E-state index contributed by atoms with van der Waals surface area (Å²) in [6, 6.07) is 8.04. The number of nitrogens with one attached hydrogen (secondary N) is 1. The first-order valence-electron chi connectivity index (χ1n) is 5.97. The van der Waals surface area contributed by atoms with Crippen molar-refractivity contribution in [3.8, 4) is 0 Å². The van der Waals surface area contributed by atoms with Gasteiger partial charge < -0.3 is 11.1 Å². The molecule has 0 unspecified atom stereocenters. The van der Waals surface area contributed by atoms with Crippen LogP contribution in [0.3, 0.4) is 0 Å². The van der Waals surface area contributed by atoms with Gasteiger partial charge in [0.2, 0.25) is 0 Å². The van der Waals surface area contributed by atoms with Gasteiger partial charge in [-0.05, 0) is 43.9 Å². The molecule has 1 aliphatic carbocycles. The van der Waals surface area contributed by atoms with Gasteiger partial charge in [0.05, 0.1) is 0 Å². The van der Waals surface area contributed by atoms with Crippen LogP contribution in [0.5, 0.6) is 0 Å². The third-order valence-electron chi connectivity index (χ3n) is 3.19. The van der Waals surface area contributed by atoms with Crippen molar-refractivity contribution >= 4 is 21.8 Å². The molecule has 1 amide bonds. The Bertz CT molecular complexity index is 400. The number of nitrogens with two attached hydrogens (primary N) is 1. The normalized spacial score (nSPS) is 24.4. The van der Waals surface area contributed by atoms with E-state index in [-0.39, 0.29) is 11.9 Å². The summed E-state index contributed by atoms with van der Waals surface area (Å²) in [6.45, 7) is 0. The second-order valence-electron chi connectivity index (χ2n) is 4.60. The highest BCUT2D eigenvalue weighted by molar-refractivity contribution is 9.10. The quantitative estimate of drug-likeness (QED) is 0.881. The lowest BCUT2D eigenvalue weighted by Gasteiger charge is -2.26. The van der Waals surface area contributed by atoms with Crippen LogP contribution in [0.1, 0.15) is 36.0 Å². The number of benzene rings is 1. The summed E-state index contributed by atoms with van der Waals surface area (Å²) in [7, 11) is 0. The Morgan fingerprint density at radius 1 is 1.29 bits per heavy atom. The van der Waals surface area contributed by atoms with Gasteiger partial charge in [0.15, 0.2) is 0 Å². The third-order valence-corrected chi connectivity index (χ3v) is 3.69. The molecule has 17 heavy (non-hydrogen) atoms. The summed E-state index contributed by atoms with van der Waals surface area (Å²) in [4.78, 5) is 12.0. The molecule has 1 aromatic carbocycles. The standard InChI is InChI=1S/C13H17BrN2O/c14-10-3-1-2-9(8-10)13(17)16-12-6-4-11(15)5-7-12/h1-3,8,11-12H,4-7,15H2,(H,16,17). The van der Waals surface area contributed by atoms with E-state index in [1.165, 1.54) is 0 Å². The van der Waals surface area contributed by atoms with E-state index >= 15 is 0 Å². The number of hydrogen-bond donors (Lipinski definition) is 2. The van der Waals surface area contributed by atoms with Crippen molar-refractivity contribution in [2.45, 2.75) is 37.8 Å². The van der Waals surface area contributed by atoms with E-state index in [1.54, 1.807) is 0 Å². The second-order valence-corrected chi connectivity index (χ2v) is 5.51. The Balaban J connectivity index is 1.93. The molecule has 0 aliphatic heterocycles. The minimum atomic E-state index is 0.00627. The fourth-order valence-electron chi connectivity index (χ4n) is 2.16. The van der Waals surface area contributed by atoms with Gasteiger partial charge in [-0.25, -0.2) is 0 Å². The maximum absolute atomic E-state index is 12.0. The molecule has 1 saturated carbocycles.